The lowest BCUT2D eigenvalue weighted by molar-refractivity contribution is 0.133. The summed E-state index contributed by atoms with van der Waals surface area (Å²) in [5.74, 6) is -1.00. The van der Waals surface area contributed by atoms with Gasteiger partial charge in [0.2, 0.25) is 6.43 Å². The number of fused-ring (bicyclic) bond motifs is 1. The Morgan fingerprint density at radius 2 is 1.83 bits per heavy atom. The first kappa shape index (κ1) is 16.9. The highest BCUT2D eigenvalue weighted by Crippen LogP contribution is 2.13. The van der Waals surface area contributed by atoms with E-state index in [1.54, 1.807) is 4.98 Å². The zero-order valence-electron chi connectivity index (χ0n) is 11.9. The molecule has 0 atom stereocenters. The first-order valence-corrected chi connectivity index (χ1v) is 6.54. The van der Waals surface area contributed by atoms with Crippen LogP contribution in [0.2, 0.25) is 0 Å². The number of halogens is 4. The van der Waals surface area contributed by atoms with Crippen molar-refractivity contribution >= 4 is 11.0 Å². The normalized spacial score (nSPS) is 11.8. The van der Waals surface area contributed by atoms with E-state index < -0.39 is 52.9 Å². The lowest BCUT2D eigenvalue weighted by atomic mass is 10.3. The summed E-state index contributed by atoms with van der Waals surface area (Å²) in [6.45, 7) is -0.271. The Bertz CT molecular complexity index is 900. The summed E-state index contributed by atoms with van der Waals surface area (Å²) in [7, 11) is 1.08. The fourth-order valence-electron chi connectivity index (χ4n) is 2.12. The SMILES string of the molecule is Cn1c(=O)c2nc(C(F)F)[nH]c(=O)c2n(CCCC(F)F)c1=O. The summed E-state index contributed by atoms with van der Waals surface area (Å²) >= 11 is 0. The second kappa shape index (κ2) is 6.34. The summed E-state index contributed by atoms with van der Waals surface area (Å²) in [5.41, 5.74) is -4.13. The van der Waals surface area contributed by atoms with Crippen molar-refractivity contribution in [2.75, 3.05) is 0 Å². The first-order chi connectivity index (χ1) is 10.7. The van der Waals surface area contributed by atoms with Crippen molar-refractivity contribution in [3.05, 3.63) is 37.0 Å². The van der Waals surface area contributed by atoms with E-state index in [2.05, 4.69) is 4.98 Å². The first-order valence-electron chi connectivity index (χ1n) is 6.54. The third kappa shape index (κ3) is 3.17. The van der Waals surface area contributed by atoms with Crippen LogP contribution in [-0.2, 0) is 13.6 Å². The number of hydrogen-bond acceptors (Lipinski definition) is 4. The van der Waals surface area contributed by atoms with Crippen molar-refractivity contribution < 1.29 is 17.6 Å². The molecule has 2 rings (SSSR count). The third-order valence-corrected chi connectivity index (χ3v) is 3.22. The van der Waals surface area contributed by atoms with Crippen molar-refractivity contribution in [2.45, 2.75) is 32.2 Å². The van der Waals surface area contributed by atoms with Gasteiger partial charge in [-0.15, -0.1) is 0 Å². The topological polar surface area (TPSA) is 89.8 Å². The molecule has 0 bridgehead atoms. The minimum Gasteiger partial charge on any atom is -0.304 e. The van der Waals surface area contributed by atoms with Crippen LogP contribution in [0, 0.1) is 0 Å². The van der Waals surface area contributed by atoms with Gasteiger partial charge >= 0.3 is 5.69 Å². The van der Waals surface area contributed by atoms with Crippen molar-refractivity contribution in [1.82, 2.24) is 19.1 Å². The van der Waals surface area contributed by atoms with Crippen LogP contribution < -0.4 is 16.8 Å². The molecule has 1 N–H and O–H groups in total. The second-order valence-corrected chi connectivity index (χ2v) is 4.78. The number of nitrogens with one attached hydrogen (secondary N) is 1. The molecule has 0 aliphatic heterocycles. The van der Waals surface area contributed by atoms with Gasteiger partial charge in [0.25, 0.3) is 17.5 Å². The van der Waals surface area contributed by atoms with Crippen LogP contribution in [0.25, 0.3) is 11.0 Å². The van der Waals surface area contributed by atoms with Gasteiger partial charge in [-0.2, -0.15) is 0 Å². The number of aromatic nitrogens is 4. The maximum atomic E-state index is 12.7. The molecule has 126 valence electrons. The molecule has 0 saturated heterocycles. The van der Waals surface area contributed by atoms with E-state index in [9.17, 15) is 31.9 Å². The number of H-pyrrole nitrogens is 1. The van der Waals surface area contributed by atoms with E-state index in [1.165, 1.54) is 0 Å². The fraction of sp³-hybridized carbons (Fsp3) is 0.500. The molecule has 0 amide bonds. The van der Waals surface area contributed by atoms with Gasteiger partial charge in [0, 0.05) is 20.0 Å². The summed E-state index contributed by atoms with van der Waals surface area (Å²) in [4.78, 5) is 41.2. The van der Waals surface area contributed by atoms with Crippen molar-refractivity contribution in [3.8, 4) is 0 Å². The van der Waals surface area contributed by atoms with Gasteiger partial charge in [0.1, 0.15) is 5.52 Å². The predicted molar refractivity (Wildman–Crippen MR) is 72.1 cm³/mol. The molecular formula is C12H12F4N4O3. The summed E-state index contributed by atoms with van der Waals surface area (Å²) in [6, 6.07) is 0. The molecule has 11 heteroatoms. The number of nitrogens with zero attached hydrogens (tertiary/aromatic N) is 3. The highest BCUT2D eigenvalue weighted by atomic mass is 19.3. The highest BCUT2D eigenvalue weighted by molar-refractivity contribution is 5.72. The Morgan fingerprint density at radius 1 is 1.17 bits per heavy atom. The smallest absolute Gasteiger partial charge is 0.304 e. The lowest BCUT2D eigenvalue weighted by Crippen LogP contribution is -2.41. The van der Waals surface area contributed by atoms with E-state index in [1.807, 2.05) is 0 Å². The van der Waals surface area contributed by atoms with Crippen molar-refractivity contribution in [2.24, 2.45) is 7.05 Å². The minimum atomic E-state index is -3.11. The van der Waals surface area contributed by atoms with Gasteiger partial charge in [-0.3, -0.25) is 18.7 Å². The minimum absolute atomic E-state index is 0.138. The molecule has 2 aromatic heterocycles. The van der Waals surface area contributed by atoms with Crippen molar-refractivity contribution in [3.63, 3.8) is 0 Å². The summed E-state index contributed by atoms with van der Waals surface area (Å²) < 4.78 is 51.2. The number of aromatic amines is 1. The van der Waals surface area contributed by atoms with E-state index in [-0.39, 0.29) is 13.0 Å². The molecule has 7 nitrogen and oxygen atoms in total. The Kier molecular flexibility index (Phi) is 4.66. The fourth-order valence-corrected chi connectivity index (χ4v) is 2.12. The van der Waals surface area contributed by atoms with Gasteiger partial charge in [-0.25, -0.2) is 27.3 Å². The molecule has 0 aliphatic rings. The van der Waals surface area contributed by atoms with Gasteiger partial charge in [-0.1, -0.05) is 0 Å². The van der Waals surface area contributed by atoms with Gasteiger partial charge in [0.15, 0.2) is 11.3 Å². The van der Waals surface area contributed by atoms with Crippen LogP contribution in [-0.4, -0.2) is 25.5 Å². The van der Waals surface area contributed by atoms with Crippen LogP contribution in [0.1, 0.15) is 25.1 Å². The second-order valence-electron chi connectivity index (χ2n) is 4.78. The van der Waals surface area contributed by atoms with Crippen molar-refractivity contribution in [1.29, 1.82) is 0 Å². The quantitative estimate of drug-likeness (QED) is 0.817. The number of alkyl halides is 4. The largest absolute Gasteiger partial charge is 0.331 e. The summed E-state index contributed by atoms with van der Waals surface area (Å²) in [6.07, 6.45) is -6.36. The van der Waals surface area contributed by atoms with E-state index in [4.69, 9.17) is 0 Å². The Morgan fingerprint density at radius 3 is 2.39 bits per heavy atom. The number of hydrogen-bond donors (Lipinski definition) is 1. The molecular weight excluding hydrogens is 324 g/mol. The zero-order chi connectivity index (χ0) is 17.3. The average molecular weight is 336 g/mol. The maximum absolute atomic E-state index is 12.7. The van der Waals surface area contributed by atoms with Crippen LogP contribution in [0.4, 0.5) is 17.6 Å². The molecule has 0 unspecified atom stereocenters. The van der Waals surface area contributed by atoms with E-state index in [0.717, 1.165) is 11.6 Å². The Labute approximate surface area is 125 Å². The Hall–Kier alpha value is -2.46. The monoisotopic (exact) mass is 336 g/mol. The number of rotatable bonds is 5. The molecule has 0 aromatic carbocycles. The molecule has 0 spiro atoms. The molecule has 0 aliphatic carbocycles. The predicted octanol–water partition coefficient (Wildman–Crippen LogP) is 0.766. The van der Waals surface area contributed by atoms with E-state index >= 15 is 0 Å². The van der Waals surface area contributed by atoms with Crippen LogP contribution in [0.5, 0.6) is 0 Å². The molecule has 2 heterocycles. The van der Waals surface area contributed by atoms with Crippen LogP contribution in [0.3, 0.4) is 0 Å². The standard InChI is InChI=1S/C12H12F4N4O3/c1-19-11(22)6-7(10(21)18-9(17-6)8(15)16)20(12(19)23)4-2-3-5(13)14/h5,8H,2-4H2,1H3,(H,17,18,21). The molecule has 0 saturated carbocycles. The van der Waals surface area contributed by atoms with Gasteiger partial charge in [-0.05, 0) is 6.42 Å². The van der Waals surface area contributed by atoms with Gasteiger partial charge < -0.3 is 4.98 Å². The molecule has 2 aromatic rings. The number of aryl methyl sites for hydroxylation is 1. The van der Waals surface area contributed by atoms with E-state index in [0.29, 0.717) is 4.57 Å². The highest BCUT2D eigenvalue weighted by Gasteiger charge is 2.19. The summed E-state index contributed by atoms with van der Waals surface area (Å²) in [5, 5.41) is 0. The van der Waals surface area contributed by atoms with Crippen LogP contribution >= 0.6 is 0 Å². The molecule has 23 heavy (non-hydrogen) atoms. The maximum Gasteiger partial charge on any atom is 0.331 e. The molecule has 0 radical (unpaired) electrons. The lowest BCUT2D eigenvalue weighted by Gasteiger charge is -2.11. The average Bonchev–Trinajstić information content (AvgIpc) is 2.47. The zero-order valence-corrected chi connectivity index (χ0v) is 11.9. The molecule has 0 fully saturated rings. The Balaban J connectivity index is 2.74. The van der Waals surface area contributed by atoms with Crippen LogP contribution in [0.15, 0.2) is 14.4 Å². The van der Waals surface area contributed by atoms with Gasteiger partial charge in [0.05, 0.1) is 0 Å². The third-order valence-electron chi connectivity index (χ3n) is 3.22.